The van der Waals surface area contributed by atoms with Crippen LogP contribution >= 0.6 is 11.6 Å². The van der Waals surface area contributed by atoms with Crippen molar-refractivity contribution in [3.63, 3.8) is 0 Å². The van der Waals surface area contributed by atoms with Gasteiger partial charge in [-0.15, -0.1) is 11.6 Å². The van der Waals surface area contributed by atoms with Gasteiger partial charge in [-0.3, -0.25) is 4.79 Å². The van der Waals surface area contributed by atoms with Crippen LogP contribution in [-0.4, -0.2) is 22.0 Å². The number of nitrogens with zero attached hydrogens (tertiary/aromatic N) is 2. The molecule has 0 saturated carbocycles. The molecule has 1 aliphatic heterocycles. The lowest BCUT2D eigenvalue weighted by Gasteiger charge is -2.24. The lowest BCUT2D eigenvalue weighted by molar-refractivity contribution is -0.125. The van der Waals surface area contributed by atoms with Crippen LogP contribution in [0.1, 0.15) is 24.6 Å². The molecule has 2 heterocycles. The molecule has 14 heavy (non-hydrogen) atoms. The van der Waals surface area contributed by atoms with E-state index in [1.165, 1.54) is 0 Å². The molecule has 1 amide bonds. The summed E-state index contributed by atoms with van der Waals surface area (Å²) in [6, 6.07) is -0.125. The highest BCUT2D eigenvalue weighted by atomic mass is 35.5. The first-order valence-corrected chi connectivity index (χ1v) is 5.21. The van der Waals surface area contributed by atoms with Gasteiger partial charge in [0.2, 0.25) is 5.91 Å². The Labute approximate surface area is 87.3 Å². The number of halogens is 1. The van der Waals surface area contributed by atoms with Crippen molar-refractivity contribution >= 4 is 17.5 Å². The minimum Gasteiger partial charge on any atom is -0.354 e. The largest absolute Gasteiger partial charge is 0.354 e. The Morgan fingerprint density at radius 1 is 1.71 bits per heavy atom. The minimum absolute atomic E-state index is 0.0700. The number of hydrogen-bond donors (Lipinski definition) is 1. The van der Waals surface area contributed by atoms with Gasteiger partial charge in [0, 0.05) is 12.7 Å². The van der Waals surface area contributed by atoms with Gasteiger partial charge in [-0.05, 0) is 12.8 Å². The summed E-state index contributed by atoms with van der Waals surface area (Å²) >= 11 is 5.75. The summed E-state index contributed by atoms with van der Waals surface area (Å²) in [6.07, 6.45) is 5.25. The van der Waals surface area contributed by atoms with Crippen LogP contribution in [0.3, 0.4) is 0 Å². The molecule has 0 aliphatic carbocycles. The molecular formula is C9H12ClN3O. The second-order valence-corrected chi connectivity index (χ2v) is 3.64. The summed E-state index contributed by atoms with van der Waals surface area (Å²) in [5, 5.41) is 2.84. The molecule has 0 radical (unpaired) electrons. The van der Waals surface area contributed by atoms with Gasteiger partial charge >= 0.3 is 0 Å². The standard InChI is InChI=1S/C9H12ClN3O/c10-4-7-5-11-6-13(7)8-2-1-3-12-9(8)14/h5-6,8H,1-4H2,(H,12,14). The molecule has 1 fully saturated rings. The number of rotatable bonds is 2. The number of piperidine rings is 1. The molecule has 1 unspecified atom stereocenters. The van der Waals surface area contributed by atoms with Gasteiger partial charge in [-0.25, -0.2) is 4.98 Å². The SMILES string of the molecule is O=C1NCCCC1n1cncc1CCl. The van der Waals surface area contributed by atoms with Gasteiger partial charge in [-0.2, -0.15) is 0 Å². The number of carbonyl (C=O) groups is 1. The second kappa shape index (κ2) is 4.00. The number of nitrogens with one attached hydrogen (secondary N) is 1. The lowest BCUT2D eigenvalue weighted by atomic mass is 10.1. The molecule has 0 bridgehead atoms. The summed E-state index contributed by atoms with van der Waals surface area (Å²) in [6.45, 7) is 0.778. The summed E-state index contributed by atoms with van der Waals surface area (Å²) in [4.78, 5) is 15.6. The summed E-state index contributed by atoms with van der Waals surface area (Å²) in [5.74, 6) is 0.463. The molecule has 4 nitrogen and oxygen atoms in total. The third kappa shape index (κ3) is 1.62. The van der Waals surface area contributed by atoms with Crippen LogP contribution in [0.2, 0.25) is 0 Å². The fraction of sp³-hybridized carbons (Fsp3) is 0.556. The van der Waals surface area contributed by atoms with E-state index < -0.39 is 0 Å². The third-order valence-electron chi connectivity index (χ3n) is 2.48. The molecular weight excluding hydrogens is 202 g/mol. The first kappa shape index (κ1) is 9.52. The van der Waals surface area contributed by atoms with Gasteiger partial charge in [0.15, 0.2) is 0 Å². The van der Waals surface area contributed by atoms with Crippen molar-refractivity contribution in [2.75, 3.05) is 6.54 Å². The molecule has 1 atom stereocenters. The van der Waals surface area contributed by atoms with Crippen LogP contribution in [0, 0.1) is 0 Å². The van der Waals surface area contributed by atoms with E-state index in [1.54, 1.807) is 12.5 Å². The Balaban J connectivity index is 2.24. The molecule has 1 N–H and O–H groups in total. The Bertz CT molecular complexity index is 337. The van der Waals surface area contributed by atoms with Crippen molar-refractivity contribution in [2.45, 2.75) is 24.8 Å². The van der Waals surface area contributed by atoms with Gasteiger partial charge in [0.1, 0.15) is 6.04 Å². The van der Waals surface area contributed by atoms with E-state index in [9.17, 15) is 4.79 Å². The van der Waals surface area contributed by atoms with E-state index in [1.807, 2.05) is 4.57 Å². The van der Waals surface area contributed by atoms with Crippen molar-refractivity contribution in [3.8, 4) is 0 Å². The number of imidazole rings is 1. The zero-order valence-corrected chi connectivity index (χ0v) is 8.50. The molecule has 0 aromatic carbocycles. The smallest absolute Gasteiger partial charge is 0.243 e. The molecule has 76 valence electrons. The van der Waals surface area contributed by atoms with Gasteiger partial charge < -0.3 is 9.88 Å². The third-order valence-corrected chi connectivity index (χ3v) is 2.75. The van der Waals surface area contributed by atoms with E-state index >= 15 is 0 Å². The maximum absolute atomic E-state index is 11.6. The quantitative estimate of drug-likeness (QED) is 0.748. The molecule has 1 aliphatic rings. The maximum atomic E-state index is 11.6. The highest BCUT2D eigenvalue weighted by Gasteiger charge is 2.24. The number of amides is 1. The normalized spacial score (nSPS) is 22.1. The second-order valence-electron chi connectivity index (χ2n) is 3.37. The first-order valence-electron chi connectivity index (χ1n) is 4.67. The summed E-state index contributed by atoms with van der Waals surface area (Å²) in [7, 11) is 0. The zero-order chi connectivity index (χ0) is 9.97. The molecule has 0 spiro atoms. The molecule has 1 aromatic rings. The van der Waals surface area contributed by atoms with Crippen LogP contribution in [0.4, 0.5) is 0 Å². The molecule has 1 saturated heterocycles. The Morgan fingerprint density at radius 2 is 2.57 bits per heavy atom. The number of aromatic nitrogens is 2. The Hall–Kier alpha value is -1.03. The van der Waals surface area contributed by atoms with E-state index in [2.05, 4.69) is 10.3 Å². The Kier molecular flexibility index (Phi) is 2.72. The highest BCUT2D eigenvalue weighted by Crippen LogP contribution is 2.20. The molecule has 2 rings (SSSR count). The predicted molar refractivity (Wildman–Crippen MR) is 53.1 cm³/mol. The maximum Gasteiger partial charge on any atom is 0.243 e. The van der Waals surface area contributed by atoms with Crippen LogP contribution in [0.5, 0.6) is 0 Å². The van der Waals surface area contributed by atoms with Gasteiger partial charge in [0.25, 0.3) is 0 Å². The van der Waals surface area contributed by atoms with Gasteiger partial charge in [-0.1, -0.05) is 0 Å². The number of carbonyl (C=O) groups excluding carboxylic acids is 1. The van der Waals surface area contributed by atoms with E-state index in [0.29, 0.717) is 5.88 Å². The van der Waals surface area contributed by atoms with Crippen LogP contribution in [-0.2, 0) is 10.7 Å². The fourth-order valence-electron chi connectivity index (χ4n) is 1.74. The summed E-state index contributed by atoms with van der Waals surface area (Å²) in [5.41, 5.74) is 0.897. The van der Waals surface area contributed by atoms with Crippen molar-refractivity contribution in [3.05, 3.63) is 18.2 Å². The topological polar surface area (TPSA) is 46.9 Å². The fourth-order valence-corrected chi connectivity index (χ4v) is 1.94. The van der Waals surface area contributed by atoms with E-state index in [-0.39, 0.29) is 11.9 Å². The zero-order valence-electron chi connectivity index (χ0n) is 7.74. The van der Waals surface area contributed by atoms with Crippen LogP contribution in [0.15, 0.2) is 12.5 Å². The number of alkyl halides is 1. The van der Waals surface area contributed by atoms with Crippen molar-refractivity contribution in [1.82, 2.24) is 14.9 Å². The van der Waals surface area contributed by atoms with Gasteiger partial charge in [0.05, 0.1) is 17.9 Å². The average Bonchev–Trinajstić information content (AvgIpc) is 2.66. The lowest BCUT2D eigenvalue weighted by Crippen LogP contribution is -2.38. The predicted octanol–water partition coefficient (Wildman–Crippen LogP) is 1.07. The average molecular weight is 214 g/mol. The first-order chi connectivity index (χ1) is 6.83. The molecule has 1 aromatic heterocycles. The summed E-state index contributed by atoms with van der Waals surface area (Å²) < 4.78 is 1.86. The van der Waals surface area contributed by atoms with E-state index in [0.717, 1.165) is 25.1 Å². The van der Waals surface area contributed by atoms with Crippen molar-refractivity contribution in [1.29, 1.82) is 0 Å². The highest BCUT2D eigenvalue weighted by molar-refractivity contribution is 6.16. The molecule has 5 heteroatoms. The van der Waals surface area contributed by atoms with Crippen LogP contribution in [0.25, 0.3) is 0 Å². The Morgan fingerprint density at radius 3 is 3.29 bits per heavy atom. The van der Waals surface area contributed by atoms with E-state index in [4.69, 9.17) is 11.6 Å². The number of hydrogen-bond acceptors (Lipinski definition) is 2. The van der Waals surface area contributed by atoms with Crippen molar-refractivity contribution < 1.29 is 4.79 Å². The van der Waals surface area contributed by atoms with Crippen LogP contribution < -0.4 is 5.32 Å². The van der Waals surface area contributed by atoms with Crippen molar-refractivity contribution in [2.24, 2.45) is 0 Å². The monoisotopic (exact) mass is 213 g/mol. The minimum atomic E-state index is -0.125.